The average Bonchev–Trinajstić information content (AvgIpc) is 3.29. The van der Waals surface area contributed by atoms with Crippen molar-refractivity contribution in [2.75, 3.05) is 13.1 Å². The molecule has 0 spiro atoms. The topological polar surface area (TPSA) is 54.5 Å². The van der Waals surface area contributed by atoms with Crippen LogP contribution >= 0.6 is 11.3 Å². The summed E-state index contributed by atoms with van der Waals surface area (Å²) in [5.74, 6) is -1.20. The SMILES string of the molecule is CC(=O)c1cc(C(=O)N2CCCC(C(=O)c3ccc(-c4ccccc4)c(F)c3)C2)cs1. The molecular weight excluding hydrogens is 413 g/mol. The molecule has 0 aliphatic carbocycles. The highest BCUT2D eigenvalue weighted by molar-refractivity contribution is 7.12. The Bertz CT molecular complexity index is 1140. The highest BCUT2D eigenvalue weighted by Gasteiger charge is 2.30. The molecule has 1 fully saturated rings. The van der Waals surface area contributed by atoms with Gasteiger partial charge in [0.25, 0.3) is 5.91 Å². The lowest BCUT2D eigenvalue weighted by atomic mass is 9.89. The number of hydrogen-bond donors (Lipinski definition) is 0. The molecule has 0 bridgehead atoms. The van der Waals surface area contributed by atoms with E-state index in [1.165, 1.54) is 24.3 Å². The molecular formula is C25H22FNO3S. The second kappa shape index (κ2) is 8.94. The van der Waals surface area contributed by atoms with Crippen molar-refractivity contribution in [1.82, 2.24) is 4.90 Å². The van der Waals surface area contributed by atoms with Crippen LogP contribution in [0, 0.1) is 11.7 Å². The molecule has 0 radical (unpaired) electrons. The Morgan fingerprint density at radius 2 is 1.81 bits per heavy atom. The van der Waals surface area contributed by atoms with Crippen LogP contribution in [0.3, 0.4) is 0 Å². The van der Waals surface area contributed by atoms with Crippen LogP contribution in [0.1, 0.15) is 50.2 Å². The summed E-state index contributed by atoms with van der Waals surface area (Å²) in [6.07, 6.45) is 1.36. The van der Waals surface area contributed by atoms with Crippen molar-refractivity contribution in [1.29, 1.82) is 0 Å². The smallest absolute Gasteiger partial charge is 0.254 e. The molecule has 1 amide bonds. The fourth-order valence-electron chi connectivity index (χ4n) is 3.95. The molecule has 4 rings (SSSR count). The molecule has 0 saturated carbocycles. The summed E-state index contributed by atoms with van der Waals surface area (Å²) in [5, 5.41) is 1.68. The van der Waals surface area contributed by atoms with Crippen LogP contribution < -0.4 is 0 Å². The lowest BCUT2D eigenvalue weighted by Gasteiger charge is -2.32. The van der Waals surface area contributed by atoms with Gasteiger partial charge in [0.05, 0.1) is 10.4 Å². The lowest BCUT2D eigenvalue weighted by Crippen LogP contribution is -2.42. The van der Waals surface area contributed by atoms with Gasteiger partial charge in [-0.3, -0.25) is 14.4 Å². The second-order valence-electron chi connectivity index (χ2n) is 7.77. The van der Waals surface area contributed by atoms with E-state index in [4.69, 9.17) is 0 Å². The van der Waals surface area contributed by atoms with E-state index in [0.29, 0.717) is 47.5 Å². The van der Waals surface area contributed by atoms with Crippen LogP contribution in [0.5, 0.6) is 0 Å². The first kappa shape index (κ1) is 21.1. The molecule has 6 heteroatoms. The number of benzene rings is 2. The molecule has 3 aromatic rings. The number of nitrogens with zero attached hydrogens (tertiary/aromatic N) is 1. The summed E-state index contributed by atoms with van der Waals surface area (Å²) < 4.78 is 14.7. The summed E-state index contributed by atoms with van der Waals surface area (Å²) in [6, 6.07) is 15.4. The number of Topliss-reactive ketones (excluding diaryl/α,β-unsaturated/α-hetero) is 2. The predicted molar refractivity (Wildman–Crippen MR) is 119 cm³/mol. The zero-order valence-corrected chi connectivity index (χ0v) is 18.0. The van der Waals surface area contributed by atoms with Gasteiger partial charge >= 0.3 is 0 Å². The van der Waals surface area contributed by atoms with E-state index in [1.807, 2.05) is 30.3 Å². The molecule has 1 saturated heterocycles. The maximum Gasteiger partial charge on any atom is 0.254 e. The largest absolute Gasteiger partial charge is 0.338 e. The molecule has 2 heterocycles. The second-order valence-corrected chi connectivity index (χ2v) is 8.68. The molecule has 31 heavy (non-hydrogen) atoms. The van der Waals surface area contributed by atoms with Crippen LogP contribution in [0.2, 0.25) is 0 Å². The predicted octanol–water partition coefficient (Wildman–Crippen LogP) is 5.49. The van der Waals surface area contributed by atoms with E-state index in [9.17, 15) is 18.8 Å². The van der Waals surface area contributed by atoms with Crippen LogP contribution in [0.15, 0.2) is 60.0 Å². The third-order valence-corrected chi connectivity index (χ3v) is 6.64. The van der Waals surface area contributed by atoms with Crippen LogP contribution in [0.4, 0.5) is 4.39 Å². The number of piperidine rings is 1. The number of hydrogen-bond acceptors (Lipinski definition) is 4. The minimum Gasteiger partial charge on any atom is -0.338 e. The molecule has 1 aromatic heterocycles. The first-order valence-corrected chi connectivity index (χ1v) is 11.1. The van der Waals surface area contributed by atoms with Gasteiger partial charge in [-0.2, -0.15) is 0 Å². The molecule has 158 valence electrons. The summed E-state index contributed by atoms with van der Waals surface area (Å²) in [7, 11) is 0. The van der Waals surface area contributed by atoms with Crippen molar-refractivity contribution in [2.24, 2.45) is 5.92 Å². The van der Waals surface area contributed by atoms with Crippen molar-refractivity contribution in [3.05, 3.63) is 81.8 Å². The standard InChI is InChI=1S/C25H22FNO3S/c1-16(28)23-13-20(15-31-23)25(30)27-11-5-8-19(14-27)24(29)18-9-10-21(22(26)12-18)17-6-3-2-4-7-17/h2-4,6-7,9-10,12-13,15,19H,5,8,11,14H2,1H3. The highest BCUT2D eigenvalue weighted by atomic mass is 32.1. The van der Waals surface area contributed by atoms with Gasteiger partial charge in [-0.1, -0.05) is 42.5 Å². The zero-order valence-electron chi connectivity index (χ0n) is 17.1. The van der Waals surface area contributed by atoms with Gasteiger partial charge in [-0.25, -0.2) is 4.39 Å². The fourth-order valence-corrected chi connectivity index (χ4v) is 4.73. The maximum atomic E-state index is 14.7. The van der Waals surface area contributed by atoms with E-state index >= 15 is 0 Å². The van der Waals surface area contributed by atoms with Gasteiger partial charge in [0, 0.05) is 35.5 Å². The van der Waals surface area contributed by atoms with Gasteiger partial charge in [-0.05, 0) is 37.5 Å². The lowest BCUT2D eigenvalue weighted by molar-refractivity contribution is 0.0637. The van der Waals surface area contributed by atoms with E-state index < -0.39 is 5.82 Å². The van der Waals surface area contributed by atoms with E-state index in [2.05, 4.69) is 0 Å². The van der Waals surface area contributed by atoms with Crippen molar-refractivity contribution in [3.63, 3.8) is 0 Å². The molecule has 1 aliphatic rings. The molecule has 1 atom stereocenters. The monoisotopic (exact) mass is 435 g/mol. The summed E-state index contributed by atoms with van der Waals surface area (Å²) in [6.45, 7) is 2.33. The van der Waals surface area contributed by atoms with Crippen molar-refractivity contribution >= 4 is 28.8 Å². The fraction of sp³-hybridized carbons (Fsp3) is 0.240. The molecule has 2 aromatic carbocycles. The van der Waals surface area contributed by atoms with Crippen LogP contribution in [-0.4, -0.2) is 35.5 Å². The Morgan fingerprint density at radius 1 is 1.03 bits per heavy atom. The van der Waals surface area contributed by atoms with Crippen molar-refractivity contribution in [2.45, 2.75) is 19.8 Å². The quantitative estimate of drug-likeness (QED) is 0.498. The Morgan fingerprint density at radius 3 is 2.48 bits per heavy atom. The van der Waals surface area contributed by atoms with Crippen LogP contribution in [0.25, 0.3) is 11.1 Å². The Hall–Kier alpha value is -3.12. The minimum absolute atomic E-state index is 0.0725. The number of carbonyl (C=O) groups excluding carboxylic acids is 3. The Labute approximate surface area is 184 Å². The number of amides is 1. The number of rotatable bonds is 5. The third kappa shape index (κ3) is 4.49. The highest BCUT2D eigenvalue weighted by Crippen LogP contribution is 2.27. The van der Waals surface area contributed by atoms with Crippen molar-refractivity contribution < 1.29 is 18.8 Å². The third-order valence-electron chi connectivity index (χ3n) is 5.61. The van der Waals surface area contributed by atoms with Gasteiger partial charge in [0.2, 0.25) is 0 Å². The normalized spacial score (nSPS) is 16.2. The summed E-state index contributed by atoms with van der Waals surface area (Å²) >= 11 is 1.25. The van der Waals surface area contributed by atoms with Crippen molar-refractivity contribution in [3.8, 4) is 11.1 Å². The Balaban J connectivity index is 1.49. The number of thiophene rings is 1. The average molecular weight is 436 g/mol. The summed E-state index contributed by atoms with van der Waals surface area (Å²) in [4.78, 5) is 39.6. The van der Waals surface area contributed by atoms with Gasteiger partial charge < -0.3 is 4.90 Å². The molecule has 4 nitrogen and oxygen atoms in total. The number of carbonyl (C=O) groups is 3. The van der Waals surface area contributed by atoms with E-state index in [0.717, 1.165) is 5.56 Å². The minimum atomic E-state index is -0.434. The Kier molecular flexibility index (Phi) is 6.09. The first-order chi connectivity index (χ1) is 14.9. The number of likely N-dealkylation sites (tertiary alicyclic amines) is 1. The van der Waals surface area contributed by atoms with Gasteiger partial charge in [-0.15, -0.1) is 11.3 Å². The molecule has 0 N–H and O–H groups in total. The van der Waals surface area contributed by atoms with E-state index in [-0.39, 0.29) is 23.4 Å². The summed E-state index contributed by atoms with van der Waals surface area (Å²) in [5.41, 5.74) is 2.01. The van der Waals surface area contributed by atoms with Gasteiger partial charge in [0.15, 0.2) is 11.6 Å². The molecule has 1 aliphatic heterocycles. The first-order valence-electron chi connectivity index (χ1n) is 10.2. The molecule has 1 unspecified atom stereocenters. The van der Waals surface area contributed by atoms with Gasteiger partial charge in [0.1, 0.15) is 5.82 Å². The van der Waals surface area contributed by atoms with E-state index in [1.54, 1.807) is 28.5 Å². The van der Waals surface area contributed by atoms with Crippen LogP contribution in [-0.2, 0) is 0 Å². The number of ketones is 2. The zero-order chi connectivity index (χ0) is 22.0. The number of halogens is 1. The maximum absolute atomic E-state index is 14.7.